The Kier molecular flexibility index (Phi) is 4.66. The van der Waals surface area contributed by atoms with Gasteiger partial charge >= 0.3 is 0 Å². The van der Waals surface area contributed by atoms with Crippen molar-refractivity contribution in [1.29, 1.82) is 0 Å². The van der Waals surface area contributed by atoms with E-state index in [0.717, 1.165) is 23.2 Å². The number of rotatable bonds is 4. The fraction of sp³-hybridized carbons (Fsp3) is 0.192. The molecule has 0 radical (unpaired) electrons. The second-order valence-electron chi connectivity index (χ2n) is 8.11. The minimum absolute atomic E-state index is 0.0397. The van der Waals surface area contributed by atoms with Crippen molar-refractivity contribution in [2.75, 3.05) is 11.4 Å². The average molecular weight is 410 g/mol. The number of nitrogens with zero attached hydrogens (tertiary/aromatic N) is 2. The molecule has 5 rings (SSSR count). The van der Waals surface area contributed by atoms with Gasteiger partial charge in [0.2, 0.25) is 0 Å². The lowest BCUT2D eigenvalue weighted by Gasteiger charge is -2.23. The van der Waals surface area contributed by atoms with Crippen LogP contribution in [0.4, 0.5) is 5.69 Å². The van der Waals surface area contributed by atoms with Gasteiger partial charge in [-0.2, -0.15) is 0 Å². The molecule has 1 atom stereocenters. The van der Waals surface area contributed by atoms with Gasteiger partial charge in [0.1, 0.15) is 0 Å². The summed E-state index contributed by atoms with van der Waals surface area (Å²) in [5.74, 6) is -0.779. The molecule has 1 unspecified atom stereocenters. The molecule has 0 aliphatic carbocycles. The summed E-state index contributed by atoms with van der Waals surface area (Å²) >= 11 is 0. The van der Waals surface area contributed by atoms with Gasteiger partial charge in [-0.05, 0) is 55.2 Å². The molecule has 0 saturated heterocycles. The van der Waals surface area contributed by atoms with E-state index < -0.39 is 0 Å². The Morgan fingerprint density at radius 2 is 1.61 bits per heavy atom. The molecule has 2 heterocycles. The highest BCUT2D eigenvalue weighted by molar-refractivity contribution is 6.22. The van der Waals surface area contributed by atoms with E-state index in [0.29, 0.717) is 29.7 Å². The molecule has 2 aliphatic rings. The summed E-state index contributed by atoms with van der Waals surface area (Å²) in [5.41, 5.74) is 4.22. The molecule has 0 N–H and O–H groups in total. The van der Waals surface area contributed by atoms with E-state index >= 15 is 0 Å². The second-order valence-corrected chi connectivity index (χ2v) is 8.11. The predicted molar refractivity (Wildman–Crippen MR) is 118 cm³/mol. The zero-order valence-corrected chi connectivity index (χ0v) is 17.2. The minimum atomic E-state index is -0.333. The molecule has 0 saturated carbocycles. The van der Waals surface area contributed by atoms with Gasteiger partial charge in [0, 0.05) is 23.8 Å². The Hall–Kier alpha value is -3.73. The number of hydrogen-bond donors (Lipinski definition) is 0. The van der Waals surface area contributed by atoms with Crippen LogP contribution in [0.1, 0.15) is 49.1 Å². The van der Waals surface area contributed by atoms with Gasteiger partial charge in [0.15, 0.2) is 0 Å². The van der Waals surface area contributed by atoms with Crippen LogP contribution < -0.4 is 4.90 Å². The van der Waals surface area contributed by atoms with Crippen LogP contribution in [-0.4, -0.2) is 35.2 Å². The molecule has 0 fully saturated rings. The molecule has 0 aromatic heterocycles. The molecule has 3 aromatic rings. The smallest absolute Gasteiger partial charge is 0.261 e. The summed E-state index contributed by atoms with van der Waals surface area (Å²) in [6.07, 6.45) is 1.40. The number of hydrogen-bond acceptors (Lipinski definition) is 3. The summed E-state index contributed by atoms with van der Waals surface area (Å²) in [7, 11) is 0. The standard InChI is InChI=1S/C26H22N2O3/c1-17-15-19-9-5-6-10-23(19)28(17)24(29)20-11-12-21-22(16-20)26(31)27(25(21)30)14-13-18-7-3-2-4-8-18/h2-12,16-17H,13-15H2,1H3. The maximum Gasteiger partial charge on any atom is 0.261 e. The average Bonchev–Trinajstić information content (AvgIpc) is 3.25. The first-order valence-electron chi connectivity index (χ1n) is 10.5. The van der Waals surface area contributed by atoms with E-state index in [1.165, 1.54) is 4.90 Å². The Balaban J connectivity index is 1.40. The Morgan fingerprint density at radius 1 is 0.903 bits per heavy atom. The predicted octanol–water partition coefficient (Wildman–Crippen LogP) is 4.12. The molecular formula is C26H22N2O3. The van der Waals surface area contributed by atoms with Gasteiger partial charge in [-0.1, -0.05) is 48.5 Å². The van der Waals surface area contributed by atoms with Crippen LogP contribution in [0.2, 0.25) is 0 Å². The molecular weight excluding hydrogens is 388 g/mol. The van der Waals surface area contributed by atoms with Crippen LogP contribution in [0.15, 0.2) is 72.8 Å². The topological polar surface area (TPSA) is 57.7 Å². The van der Waals surface area contributed by atoms with Gasteiger partial charge in [-0.25, -0.2) is 0 Å². The van der Waals surface area contributed by atoms with Gasteiger partial charge in [-0.15, -0.1) is 0 Å². The summed E-state index contributed by atoms with van der Waals surface area (Å²) in [6, 6.07) is 22.5. The van der Waals surface area contributed by atoms with E-state index in [4.69, 9.17) is 0 Å². The second kappa shape index (κ2) is 7.51. The first-order valence-corrected chi connectivity index (χ1v) is 10.5. The molecule has 2 aliphatic heterocycles. The van der Waals surface area contributed by atoms with Crippen molar-refractivity contribution >= 4 is 23.4 Å². The van der Waals surface area contributed by atoms with Crippen LogP contribution in [0.25, 0.3) is 0 Å². The number of carbonyl (C=O) groups excluding carboxylic acids is 3. The number of para-hydroxylation sites is 1. The largest absolute Gasteiger partial charge is 0.305 e. The lowest BCUT2D eigenvalue weighted by atomic mass is 10.0. The maximum absolute atomic E-state index is 13.3. The summed E-state index contributed by atoms with van der Waals surface area (Å²) in [5, 5.41) is 0. The number of carbonyl (C=O) groups is 3. The van der Waals surface area contributed by atoms with Gasteiger partial charge < -0.3 is 4.90 Å². The van der Waals surface area contributed by atoms with Crippen LogP contribution in [0.3, 0.4) is 0 Å². The fourth-order valence-electron chi connectivity index (χ4n) is 4.53. The lowest BCUT2D eigenvalue weighted by molar-refractivity contribution is 0.0656. The lowest BCUT2D eigenvalue weighted by Crippen LogP contribution is -2.35. The van der Waals surface area contributed by atoms with Crippen LogP contribution >= 0.6 is 0 Å². The highest BCUT2D eigenvalue weighted by Crippen LogP contribution is 2.34. The molecule has 31 heavy (non-hydrogen) atoms. The highest BCUT2D eigenvalue weighted by atomic mass is 16.2. The van der Waals surface area contributed by atoms with Gasteiger partial charge in [-0.3, -0.25) is 19.3 Å². The number of fused-ring (bicyclic) bond motifs is 2. The van der Waals surface area contributed by atoms with Crippen LogP contribution in [-0.2, 0) is 12.8 Å². The summed E-state index contributed by atoms with van der Waals surface area (Å²) in [6.45, 7) is 2.33. The molecule has 5 heteroatoms. The number of benzene rings is 3. The van der Waals surface area contributed by atoms with E-state index in [9.17, 15) is 14.4 Å². The van der Waals surface area contributed by atoms with Gasteiger partial charge in [0.25, 0.3) is 17.7 Å². The normalized spacial score (nSPS) is 17.1. The van der Waals surface area contributed by atoms with Gasteiger partial charge in [0.05, 0.1) is 11.1 Å². The van der Waals surface area contributed by atoms with Crippen molar-refractivity contribution in [1.82, 2.24) is 4.90 Å². The van der Waals surface area contributed by atoms with Crippen molar-refractivity contribution in [3.05, 3.63) is 101 Å². The third kappa shape index (κ3) is 3.22. The highest BCUT2D eigenvalue weighted by Gasteiger charge is 2.37. The first kappa shape index (κ1) is 19.2. The Labute approximate surface area is 180 Å². The Morgan fingerprint density at radius 3 is 2.42 bits per heavy atom. The molecule has 3 aromatic carbocycles. The molecule has 0 bridgehead atoms. The Bertz CT molecular complexity index is 1200. The monoisotopic (exact) mass is 410 g/mol. The summed E-state index contributed by atoms with van der Waals surface area (Å²) in [4.78, 5) is 42.1. The third-order valence-electron chi connectivity index (χ3n) is 6.11. The van der Waals surface area contributed by atoms with Crippen LogP contribution in [0.5, 0.6) is 0 Å². The van der Waals surface area contributed by atoms with E-state index in [2.05, 4.69) is 0 Å². The van der Waals surface area contributed by atoms with Crippen molar-refractivity contribution < 1.29 is 14.4 Å². The molecule has 5 nitrogen and oxygen atoms in total. The SMILES string of the molecule is CC1Cc2ccccc2N1C(=O)c1ccc2c(c1)C(=O)N(CCc1ccccc1)C2=O. The molecule has 0 spiro atoms. The number of anilines is 1. The van der Waals surface area contributed by atoms with Crippen molar-refractivity contribution in [2.45, 2.75) is 25.8 Å². The zero-order valence-electron chi connectivity index (χ0n) is 17.2. The molecule has 3 amide bonds. The number of amides is 3. The minimum Gasteiger partial charge on any atom is -0.305 e. The third-order valence-corrected chi connectivity index (χ3v) is 6.11. The summed E-state index contributed by atoms with van der Waals surface area (Å²) < 4.78 is 0. The van der Waals surface area contributed by atoms with E-state index in [-0.39, 0.29) is 23.8 Å². The van der Waals surface area contributed by atoms with Crippen molar-refractivity contribution in [3.8, 4) is 0 Å². The van der Waals surface area contributed by atoms with E-state index in [1.807, 2.05) is 61.5 Å². The first-order chi connectivity index (χ1) is 15.0. The number of imide groups is 1. The van der Waals surface area contributed by atoms with Crippen molar-refractivity contribution in [3.63, 3.8) is 0 Å². The van der Waals surface area contributed by atoms with Crippen molar-refractivity contribution in [2.24, 2.45) is 0 Å². The maximum atomic E-state index is 13.3. The quantitative estimate of drug-likeness (QED) is 0.608. The van der Waals surface area contributed by atoms with E-state index in [1.54, 1.807) is 23.1 Å². The molecule has 154 valence electrons. The van der Waals surface area contributed by atoms with Crippen LogP contribution in [0, 0.1) is 0 Å². The zero-order chi connectivity index (χ0) is 21.5. The fourth-order valence-corrected chi connectivity index (χ4v) is 4.53.